The largest absolute Gasteiger partial charge is 0.502 e. The third-order valence-corrected chi connectivity index (χ3v) is 6.07. The minimum absolute atomic E-state index is 0.0188. The van der Waals surface area contributed by atoms with Gasteiger partial charge in [0.1, 0.15) is 5.82 Å². The Labute approximate surface area is 178 Å². The molecule has 1 N–H and O–H groups in total. The summed E-state index contributed by atoms with van der Waals surface area (Å²) in [5.41, 5.74) is 0.899. The predicted octanol–water partition coefficient (Wildman–Crippen LogP) is 3.25. The van der Waals surface area contributed by atoms with Gasteiger partial charge in [0.15, 0.2) is 5.78 Å². The molecule has 0 aliphatic heterocycles. The van der Waals surface area contributed by atoms with Crippen LogP contribution in [0, 0.1) is 5.82 Å². The molecule has 0 aliphatic carbocycles. The fourth-order valence-electron chi connectivity index (χ4n) is 2.87. The Morgan fingerprint density at radius 3 is 2.32 bits per heavy atom. The lowest BCUT2D eigenvalue weighted by Gasteiger charge is -2.05. The van der Waals surface area contributed by atoms with Crippen LogP contribution in [0.15, 0.2) is 83.7 Å². The molecule has 0 amide bonds. The molecule has 2 aromatic carbocycles. The maximum atomic E-state index is 13.2. The molecule has 9 heteroatoms. The number of hydrogen-bond donors (Lipinski definition) is 1. The van der Waals surface area contributed by atoms with E-state index < -0.39 is 33.4 Å². The Bertz CT molecular complexity index is 1240. The molecule has 0 atom stereocenters. The van der Waals surface area contributed by atoms with Gasteiger partial charge < -0.3 is 9.84 Å². The molecule has 160 valence electrons. The molecule has 3 rings (SSSR count). The quantitative estimate of drug-likeness (QED) is 0.260. The first-order chi connectivity index (χ1) is 14.7. The molecule has 7 nitrogen and oxygen atoms in total. The van der Waals surface area contributed by atoms with Gasteiger partial charge in [0.2, 0.25) is 5.76 Å². The van der Waals surface area contributed by atoms with Gasteiger partial charge in [-0.05, 0) is 41.8 Å². The molecule has 1 aromatic heterocycles. The Morgan fingerprint density at radius 2 is 1.71 bits per heavy atom. The summed E-state index contributed by atoms with van der Waals surface area (Å²) in [4.78, 5) is 24.1. The molecule has 0 radical (unpaired) electrons. The number of esters is 1. The molecule has 0 unspecified atom stereocenters. The Morgan fingerprint density at radius 1 is 1.06 bits per heavy atom. The second kappa shape index (κ2) is 8.97. The average Bonchev–Trinajstić information content (AvgIpc) is 3.20. The van der Waals surface area contributed by atoms with Crippen LogP contribution in [0.2, 0.25) is 0 Å². The van der Waals surface area contributed by atoms with Crippen molar-refractivity contribution in [1.29, 1.82) is 0 Å². The molecular weight excluding hydrogens is 425 g/mol. The van der Waals surface area contributed by atoms with Crippen molar-refractivity contribution in [2.24, 2.45) is 0 Å². The van der Waals surface area contributed by atoms with Gasteiger partial charge >= 0.3 is 5.97 Å². The molecule has 31 heavy (non-hydrogen) atoms. The normalized spacial score (nSPS) is 11.9. The van der Waals surface area contributed by atoms with Crippen molar-refractivity contribution in [3.05, 3.63) is 101 Å². The van der Waals surface area contributed by atoms with Crippen molar-refractivity contribution in [2.45, 2.75) is 11.3 Å². The molecule has 0 fully saturated rings. The number of ketones is 1. The number of hydrogen-bond acceptors (Lipinski definition) is 6. The molecule has 0 saturated heterocycles. The van der Waals surface area contributed by atoms with Crippen molar-refractivity contribution in [1.82, 2.24) is 3.97 Å². The highest BCUT2D eigenvalue weighted by atomic mass is 32.2. The highest BCUT2D eigenvalue weighted by Gasteiger charge is 2.22. The number of allylic oxidation sites excluding steroid dienone is 1. The number of aliphatic hydroxyl groups is 1. The van der Waals surface area contributed by atoms with Gasteiger partial charge in [-0.15, -0.1) is 0 Å². The summed E-state index contributed by atoms with van der Waals surface area (Å²) in [5.74, 6) is -3.25. The minimum Gasteiger partial charge on any atom is -0.502 e. The van der Waals surface area contributed by atoms with E-state index in [2.05, 4.69) is 4.74 Å². The molecular formula is C22H18FNO6S. The van der Waals surface area contributed by atoms with E-state index in [1.54, 1.807) is 18.2 Å². The fraction of sp³-hybridized carbons (Fsp3) is 0.0909. The number of ether oxygens (including phenoxy) is 1. The van der Waals surface area contributed by atoms with Gasteiger partial charge in [0, 0.05) is 24.0 Å². The third-order valence-electron chi connectivity index (χ3n) is 4.44. The number of rotatable bonds is 7. The summed E-state index contributed by atoms with van der Waals surface area (Å²) in [5, 5.41) is 9.70. The van der Waals surface area contributed by atoms with E-state index in [4.69, 9.17) is 0 Å². The highest BCUT2D eigenvalue weighted by Crippen LogP contribution is 2.22. The molecule has 3 aromatic rings. The summed E-state index contributed by atoms with van der Waals surface area (Å²) in [6.45, 7) is 0. The molecule has 0 spiro atoms. The van der Waals surface area contributed by atoms with E-state index in [1.807, 2.05) is 0 Å². The number of benzene rings is 2. The van der Waals surface area contributed by atoms with Crippen LogP contribution in [0.4, 0.5) is 4.39 Å². The van der Waals surface area contributed by atoms with Gasteiger partial charge in [-0.3, -0.25) is 4.79 Å². The Balaban J connectivity index is 2.08. The van der Waals surface area contributed by atoms with E-state index in [0.717, 1.165) is 17.3 Å². The van der Waals surface area contributed by atoms with Gasteiger partial charge in [-0.25, -0.2) is 21.6 Å². The second-order valence-electron chi connectivity index (χ2n) is 6.53. The zero-order chi connectivity index (χ0) is 22.6. The fourth-order valence-corrected chi connectivity index (χ4v) is 4.13. The van der Waals surface area contributed by atoms with Gasteiger partial charge in [0.25, 0.3) is 10.0 Å². The lowest BCUT2D eigenvalue weighted by Crippen LogP contribution is -2.11. The lowest BCUT2D eigenvalue weighted by molar-refractivity contribution is -0.139. The van der Waals surface area contributed by atoms with E-state index >= 15 is 0 Å². The smallest absolute Gasteiger partial charge is 0.373 e. The predicted molar refractivity (Wildman–Crippen MR) is 110 cm³/mol. The number of aromatic nitrogens is 1. The lowest BCUT2D eigenvalue weighted by atomic mass is 10.0. The van der Waals surface area contributed by atoms with Gasteiger partial charge in [-0.1, -0.05) is 30.3 Å². The first-order valence-electron chi connectivity index (χ1n) is 9.01. The minimum atomic E-state index is -3.99. The van der Waals surface area contributed by atoms with Gasteiger partial charge in [0.05, 0.1) is 12.0 Å². The Kier molecular flexibility index (Phi) is 6.36. The second-order valence-corrected chi connectivity index (χ2v) is 8.38. The topological polar surface area (TPSA) is 103 Å². The third kappa shape index (κ3) is 4.89. The van der Waals surface area contributed by atoms with E-state index in [1.165, 1.54) is 42.6 Å². The zero-order valence-electron chi connectivity index (χ0n) is 16.4. The van der Waals surface area contributed by atoms with Crippen LogP contribution in [0.3, 0.4) is 0 Å². The van der Waals surface area contributed by atoms with Crippen LogP contribution >= 0.6 is 0 Å². The van der Waals surface area contributed by atoms with Crippen molar-refractivity contribution in [3.8, 4) is 0 Å². The molecule has 0 saturated carbocycles. The summed E-state index contributed by atoms with van der Waals surface area (Å²) < 4.78 is 44.4. The van der Waals surface area contributed by atoms with E-state index in [-0.39, 0.29) is 16.9 Å². The number of carbonyl (C=O) groups excluding carboxylic acids is 2. The number of carbonyl (C=O) groups is 2. The van der Waals surface area contributed by atoms with Crippen LogP contribution in [0.25, 0.3) is 0 Å². The van der Waals surface area contributed by atoms with E-state index in [0.29, 0.717) is 17.2 Å². The van der Waals surface area contributed by atoms with Crippen LogP contribution in [-0.2, 0) is 26.0 Å². The molecule has 1 heterocycles. The summed E-state index contributed by atoms with van der Waals surface area (Å²) in [7, 11) is -2.95. The summed E-state index contributed by atoms with van der Waals surface area (Å²) in [6, 6.07) is 13.2. The van der Waals surface area contributed by atoms with Crippen molar-refractivity contribution >= 4 is 21.8 Å². The maximum absolute atomic E-state index is 13.2. The first-order valence-corrected chi connectivity index (χ1v) is 10.5. The molecule has 0 aliphatic rings. The maximum Gasteiger partial charge on any atom is 0.373 e. The van der Waals surface area contributed by atoms with Gasteiger partial charge in [-0.2, -0.15) is 0 Å². The highest BCUT2D eigenvalue weighted by molar-refractivity contribution is 7.90. The SMILES string of the molecule is COC(=O)/C(O)=C/C(=O)c1cn(S(=O)(=O)c2ccccc2)cc1Cc1ccc(F)cc1. The van der Waals surface area contributed by atoms with Crippen LogP contribution in [-0.4, -0.2) is 36.4 Å². The Hall–Kier alpha value is -3.72. The monoisotopic (exact) mass is 443 g/mol. The average molecular weight is 443 g/mol. The number of methoxy groups -OCH3 is 1. The first kappa shape index (κ1) is 22.0. The van der Waals surface area contributed by atoms with Crippen LogP contribution in [0.5, 0.6) is 0 Å². The van der Waals surface area contributed by atoms with Crippen LogP contribution in [0.1, 0.15) is 21.5 Å². The van der Waals surface area contributed by atoms with Crippen molar-refractivity contribution < 1.29 is 32.2 Å². The number of nitrogens with zero attached hydrogens (tertiary/aromatic N) is 1. The van der Waals surface area contributed by atoms with Crippen LogP contribution < -0.4 is 0 Å². The van der Waals surface area contributed by atoms with E-state index in [9.17, 15) is 27.5 Å². The summed E-state index contributed by atoms with van der Waals surface area (Å²) in [6.07, 6.45) is 3.17. The van der Waals surface area contributed by atoms with Crippen molar-refractivity contribution in [2.75, 3.05) is 7.11 Å². The standard InChI is InChI=1S/C22H18FNO6S/c1-30-22(27)21(26)12-20(25)19-14-24(31(28,29)18-5-3-2-4-6-18)13-16(19)11-15-7-9-17(23)10-8-15/h2-10,12-14,26H,11H2,1H3/b21-12-. The summed E-state index contributed by atoms with van der Waals surface area (Å²) >= 11 is 0. The number of aliphatic hydroxyl groups excluding tert-OH is 1. The molecule has 0 bridgehead atoms. The zero-order valence-corrected chi connectivity index (χ0v) is 17.2. The number of halogens is 1. The van der Waals surface area contributed by atoms with Crippen molar-refractivity contribution in [3.63, 3.8) is 0 Å².